The lowest BCUT2D eigenvalue weighted by Gasteiger charge is -2.27. The number of carbonyl (C=O) groups is 3. The summed E-state index contributed by atoms with van der Waals surface area (Å²) in [6, 6.07) is 15.5. The van der Waals surface area contributed by atoms with Crippen LogP contribution in [0.5, 0.6) is 5.75 Å². The zero-order chi connectivity index (χ0) is 25.7. The van der Waals surface area contributed by atoms with E-state index < -0.39 is 35.4 Å². The Morgan fingerprint density at radius 2 is 1.64 bits per heavy atom. The quantitative estimate of drug-likeness (QED) is 0.301. The highest BCUT2D eigenvalue weighted by molar-refractivity contribution is 5.99. The van der Waals surface area contributed by atoms with E-state index in [-0.39, 0.29) is 36.6 Å². The number of amides is 1. The fraction of sp³-hybridized carbons (Fsp3) is 0.321. The molecule has 2 N–H and O–H groups in total. The van der Waals surface area contributed by atoms with Gasteiger partial charge in [-0.1, -0.05) is 30.3 Å². The van der Waals surface area contributed by atoms with Crippen LogP contribution in [0.15, 0.2) is 54.6 Å². The molecule has 1 aliphatic carbocycles. The van der Waals surface area contributed by atoms with Crippen molar-refractivity contribution in [1.29, 1.82) is 0 Å². The van der Waals surface area contributed by atoms with Gasteiger partial charge in [-0.2, -0.15) is 4.39 Å². The fourth-order valence-corrected chi connectivity index (χ4v) is 4.46. The Hall–Kier alpha value is -3.81. The van der Waals surface area contributed by atoms with Gasteiger partial charge in [-0.3, -0.25) is 14.4 Å². The molecule has 0 atom stereocenters. The van der Waals surface area contributed by atoms with Crippen LogP contribution in [-0.2, 0) is 4.79 Å². The van der Waals surface area contributed by atoms with E-state index in [0.717, 1.165) is 10.8 Å². The van der Waals surface area contributed by atoms with Crippen LogP contribution in [0.4, 0.5) is 8.78 Å². The lowest BCUT2D eigenvalue weighted by Crippen LogP contribution is -2.28. The SMILES string of the molecule is O=C(NCCCC(=O)c1ccc(OC2CCC(C(=O)O)CC2)c(F)c1F)c1ccc2ccccc2c1. The second-order valence-corrected chi connectivity index (χ2v) is 9.01. The van der Waals surface area contributed by atoms with E-state index in [4.69, 9.17) is 9.84 Å². The molecule has 0 bridgehead atoms. The predicted octanol–water partition coefficient (Wildman–Crippen LogP) is 5.53. The fourth-order valence-electron chi connectivity index (χ4n) is 4.46. The molecular formula is C28H27F2NO5. The third-order valence-corrected chi connectivity index (χ3v) is 6.54. The number of carboxylic acid groups (broad SMARTS) is 1. The van der Waals surface area contributed by atoms with E-state index >= 15 is 0 Å². The molecule has 0 saturated heterocycles. The van der Waals surface area contributed by atoms with Gasteiger partial charge < -0.3 is 15.2 Å². The Balaban J connectivity index is 1.27. The highest BCUT2D eigenvalue weighted by Crippen LogP contribution is 2.30. The number of hydrogen-bond acceptors (Lipinski definition) is 4. The van der Waals surface area contributed by atoms with E-state index in [1.165, 1.54) is 12.1 Å². The van der Waals surface area contributed by atoms with Gasteiger partial charge in [0.25, 0.3) is 5.91 Å². The largest absolute Gasteiger partial charge is 0.487 e. The summed E-state index contributed by atoms with van der Waals surface area (Å²) in [6.07, 6.45) is 1.50. The average molecular weight is 496 g/mol. The third kappa shape index (κ3) is 5.87. The number of hydrogen-bond donors (Lipinski definition) is 2. The third-order valence-electron chi connectivity index (χ3n) is 6.54. The molecule has 0 heterocycles. The van der Waals surface area contributed by atoms with E-state index in [1.54, 1.807) is 12.1 Å². The van der Waals surface area contributed by atoms with Gasteiger partial charge in [0.15, 0.2) is 17.3 Å². The van der Waals surface area contributed by atoms with E-state index in [0.29, 0.717) is 31.2 Å². The van der Waals surface area contributed by atoms with Gasteiger partial charge >= 0.3 is 5.97 Å². The first-order chi connectivity index (χ1) is 17.3. The monoisotopic (exact) mass is 495 g/mol. The number of benzene rings is 3. The number of rotatable bonds is 9. The van der Waals surface area contributed by atoms with Gasteiger partial charge in [0.1, 0.15) is 0 Å². The molecule has 3 aromatic rings. The summed E-state index contributed by atoms with van der Waals surface area (Å²) < 4.78 is 34.7. The van der Waals surface area contributed by atoms with Crippen LogP contribution in [0.2, 0.25) is 0 Å². The number of aliphatic carboxylic acids is 1. The van der Waals surface area contributed by atoms with Crippen LogP contribution in [0.1, 0.15) is 59.2 Å². The molecule has 6 nitrogen and oxygen atoms in total. The highest BCUT2D eigenvalue weighted by atomic mass is 19.2. The zero-order valence-corrected chi connectivity index (χ0v) is 19.6. The molecule has 188 valence electrons. The van der Waals surface area contributed by atoms with Crippen LogP contribution < -0.4 is 10.1 Å². The topological polar surface area (TPSA) is 92.7 Å². The average Bonchev–Trinajstić information content (AvgIpc) is 2.89. The Bertz CT molecular complexity index is 1280. The zero-order valence-electron chi connectivity index (χ0n) is 19.6. The molecule has 0 radical (unpaired) electrons. The van der Waals surface area contributed by atoms with Crippen molar-refractivity contribution in [2.24, 2.45) is 5.92 Å². The van der Waals surface area contributed by atoms with Crippen molar-refractivity contribution in [2.75, 3.05) is 6.54 Å². The van der Waals surface area contributed by atoms with Crippen molar-refractivity contribution in [3.63, 3.8) is 0 Å². The Labute approximate surface area is 207 Å². The van der Waals surface area contributed by atoms with Crippen LogP contribution >= 0.6 is 0 Å². The van der Waals surface area contributed by atoms with Gasteiger partial charge in [0.05, 0.1) is 17.6 Å². The molecule has 1 saturated carbocycles. The molecule has 8 heteroatoms. The molecular weight excluding hydrogens is 468 g/mol. The van der Waals surface area contributed by atoms with Crippen LogP contribution in [0.3, 0.4) is 0 Å². The van der Waals surface area contributed by atoms with Gasteiger partial charge in [0, 0.05) is 18.5 Å². The van der Waals surface area contributed by atoms with Crippen molar-refractivity contribution in [3.8, 4) is 5.75 Å². The van der Waals surface area contributed by atoms with Gasteiger partial charge in [-0.25, -0.2) is 4.39 Å². The number of fused-ring (bicyclic) bond motifs is 1. The molecule has 0 aromatic heterocycles. The number of carbonyl (C=O) groups excluding carboxylic acids is 2. The first-order valence-electron chi connectivity index (χ1n) is 12.0. The molecule has 0 aliphatic heterocycles. The molecule has 1 aliphatic rings. The maximum absolute atomic E-state index is 14.6. The van der Waals surface area contributed by atoms with Crippen molar-refractivity contribution in [2.45, 2.75) is 44.6 Å². The van der Waals surface area contributed by atoms with Crippen molar-refractivity contribution in [1.82, 2.24) is 5.32 Å². The maximum atomic E-state index is 14.6. The number of ketones is 1. The van der Waals surface area contributed by atoms with Crippen molar-refractivity contribution in [3.05, 3.63) is 77.4 Å². The molecule has 1 fully saturated rings. The minimum atomic E-state index is -1.27. The number of ether oxygens (including phenoxy) is 1. The number of nitrogens with one attached hydrogen (secondary N) is 1. The molecule has 1 amide bonds. The first-order valence-corrected chi connectivity index (χ1v) is 12.0. The van der Waals surface area contributed by atoms with Crippen molar-refractivity contribution < 1.29 is 33.0 Å². The normalized spacial score (nSPS) is 17.5. The summed E-state index contributed by atoms with van der Waals surface area (Å²) in [4.78, 5) is 35.9. The summed E-state index contributed by atoms with van der Waals surface area (Å²) >= 11 is 0. The smallest absolute Gasteiger partial charge is 0.306 e. The van der Waals surface area contributed by atoms with Gasteiger partial charge in [-0.05, 0) is 67.1 Å². The Morgan fingerprint density at radius 3 is 2.36 bits per heavy atom. The summed E-state index contributed by atoms with van der Waals surface area (Å²) in [5.41, 5.74) is 0.135. The lowest BCUT2D eigenvalue weighted by molar-refractivity contribution is -0.143. The molecule has 4 rings (SSSR count). The van der Waals surface area contributed by atoms with E-state index in [9.17, 15) is 23.2 Å². The Morgan fingerprint density at radius 1 is 0.917 bits per heavy atom. The summed E-state index contributed by atoms with van der Waals surface area (Å²) in [7, 11) is 0. The van der Waals surface area contributed by atoms with Gasteiger partial charge in [-0.15, -0.1) is 0 Å². The second kappa shape index (κ2) is 11.3. The minimum absolute atomic E-state index is 0.0617. The van der Waals surface area contributed by atoms with Crippen LogP contribution in [0, 0.1) is 17.6 Å². The standard InChI is InChI=1S/C28H27F2NO5/c29-25-22(13-14-24(26(25)30)36-21-11-9-18(10-12-21)28(34)35)23(32)6-3-15-31-27(33)20-8-7-17-4-1-2-5-19(17)16-20/h1-2,4-5,7-8,13-14,16,18,21H,3,6,9-12,15H2,(H,31,33)(H,34,35). The summed E-state index contributed by atoms with van der Waals surface area (Å²) in [6.45, 7) is 0.210. The minimum Gasteiger partial charge on any atom is -0.487 e. The lowest BCUT2D eigenvalue weighted by atomic mass is 9.87. The van der Waals surface area contributed by atoms with Crippen LogP contribution in [-0.4, -0.2) is 35.4 Å². The van der Waals surface area contributed by atoms with E-state index in [2.05, 4.69) is 5.32 Å². The Kier molecular flexibility index (Phi) is 7.93. The molecule has 36 heavy (non-hydrogen) atoms. The number of halogens is 2. The molecule has 0 spiro atoms. The highest BCUT2D eigenvalue weighted by Gasteiger charge is 2.28. The maximum Gasteiger partial charge on any atom is 0.306 e. The van der Waals surface area contributed by atoms with E-state index in [1.807, 2.05) is 30.3 Å². The van der Waals surface area contributed by atoms with Gasteiger partial charge in [0.2, 0.25) is 5.82 Å². The number of Topliss-reactive ketones (excluding diaryl/α,β-unsaturated/α-hetero) is 1. The number of carboxylic acids is 1. The second-order valence-electron chi connectivity index (χ2n) is 9.01. The predicted molar refractivity (Wildman–Crippen MR) is 130 cm³/mol. The summed E-state index contributed by atoms with van der Waals surface area (Å²) in [5.74, 6) is -4.93. The van der Waals surface area contributed by atoms with Crippen molar-refractivity contribution >= 4 is 28.4 Å². The first kappa shape index (κ1) is 25.3. The summed E-state index contributed by atoms with van der Waals surface area (Å²) in [5, 5.41) is 13.8. The van der Waals surface area contributed by atoms with Crippen LogP contribution in [0.25, 0.3) is 10.8 Å². The molecule has 0 unspecified atom stereocenters. The molecule has 3 aromatic carbocycles.